The van der Waals surface area contributed by atoms with Crippen LogP contribution >= 0.6 is 0 Å². The molecule has 2 fully saturated rings. The summed E-state index contributed by atoms with van der Waals surface area (Å²) in [7, 11) is 1.36. The van der Waals surface area contributed by atoms with E-state index in [-0.39, 0.29) is 12.6 Å². The van der Waals surface area contributed by atoms with Crippen molar-refractivity contribution >= 4 is 11.9 Å². The van der Waals surface area contributed by atoms with E-state index in [4.69, 9.17) is 18.9 Å². The van der Waals surface area contributed by atoms with Gasteiger partial charge in [-0.05, 0) is 12.8 Å². The topological polar surface area (TPSA) is 214 Å². The summed E-state index contributed by atoms with van der Waals surface area (Å²) in [6, 6.07) is -1.27. The Bertz CT molecular complexity index is 713. The van der Waals surface area contributed by atoms with E-state index in [0.717, 1.165) is 32.1 Å². The molecule has 0 aliphatic carbocycles. The largest absolute Gasteiger partial charge is 0.469 e. The molecule has 0 aromatic heterocycles. The van der Waals surface area contributed by atoms with E-state index in [2.05, 4.69) is 10.1 Å². The maximum Gasteiger partial charge on any atom is 0.305 e. The highest BCUT2D eigenvalue weighted by atomic mass is 16.7. The molecule has 2 saturated heterocycles. The number of aliphatic hydroxyl groups is 6. The second-order valence-corrected chi connectivity index (χ2v) is 9.56. The molecular formula is C24H43NO13. The van der Waals surface area contributed by atoms with Gasteiger partial charge in [-0.2, -0.15) is 0 Å². The molecule has 0 radical (unpaired) electrons. The van der Waals surface area contributed by atoms with Gasteiger partial charge in [-0.25, -0.2) is 0 Å². The fraction of sp³-hybridized carbons (Fsp3) is 0.917. The van der Waals surface area contributed by atoms with E-state index in [1.165, 1.54) is 14.0 Å². The van der Waals surface area contributed by atoms with Crippen LogP contribution < -0.4 is 5.32 Å². The molecule has 38 heavy (non-hydrogen) atoms. The number of unbranched alkanes of at least 4 members (excludes halogenated alkanes) is 5. The first-order valence-corrected chi connectivity index (χ1v) is 13.0. The van der Waals surface area contributed by atoms with Crippen molar-refractivity contribution in [3.63, 3.8) is 0 Å². The van der Waals surface area contributed by atoms with Crippen LogP contribution in [-0.2, 0) is 33.3 Å². The lowest BCUT2D eigenvalue weighted by Gasteiger charge is -2.47. The van der Waals surface area contributed by atoms with Gasteiger partial charge in [0.25, 0.3) is 0 Å². The van der Waals surface area contributed by atoms with Crippen molar-refractivity contribution in [2.24, 2.45) is 0 Å². The summed E-state index contributed by atoms with van der Waals surface area (Å²) in [4.78, 5) is 22.8. The fourth-order valence-electron chi connectivity index (χ4n) is 4.46. The van der Waals surface area contributed by atoms with Crippen LogP contribution in [0.15, 0.2) is 0 Å². The number of carbonyl (C=O) groups excluding carboxylic acids is 2. The highest BCUT2D eigenvalue weighted by Crippen LogP contribution is 2.30. The number of rotatable bonds is 15. The monoisotopic (exact) mass is 553 g/mol. The molecular weight excluding hydrogens is 510 g/mol. The van der Waals surface area contributed by atoms with E-state index in [9.17, 15) is 40.2 Å². The number of ether oxygens (including phenoxy) is 5. The van der Waals surface area contributed by atoms with Crippen LogP contribution in [0.1, 0.15) is 51.9 Å². The number of carbonyl (C=O) groups is 2. The van der Waals surface area contributed by atoms with E-state index in [1.54, 1.807) is 0 Å². The summed E-state index contributed by atoms with van der Waals surface area (Å²) < 4.78 is 27.4. The van der Waals surface area contributed by atoms with Gasteiger partial charge in [-0.1, -0.05) is 25.7 Å². The summed E-state index contributed by atoms with van der Waals surface area (Å²) >= 11 is 0. The van der Waals surface area contributed by atoms with Crippen LogP contribution in [-0.4, -0.2) is 131 Å². The van der Waals surface area contributed by atoms with Crippen LogP contribution in [0.2, 0.25) is 0 Å². The number of aliphatic hydroxyl groups excluding tert-OH is 6. The maximum atomic E-state index is 11.7. The molecule has 7 N–H and O–H groups in total. The number of hydrogen-bond donors (Lipinski definition) is 7. The van der Waals surface area contributed by atoms with E-state index >= 15 is 0 Å². The normalized spacial score (nSPS) is 35.6. The SMILES string of the molecule is COC(=O)CCCCCCCCO[C@H]1O[C@H](CO)[C@@H](O)[C@H](O)[C@@H]1O[C@@H]1O[C@H](CO)[C@@H](O)[C@H](O)[C@H]1NC(C)=O. The highest BCUT2D eigenvalue weighted by Gasteiger charge is 2.51. The third kappa shape index (κ3) is 9.33. The highest BCUT2D eigenvalue weighted by molar-refractivity contribution is 5.73. The van der Waals surface area contributed by atoms with Crippen molar-refractivity contribution in [1.29, 1.82) is 0 Å². The molecule has 222 valence electrons. The summed E-state index contributed by atoms with van der Waals surface area (Å²) in [5, 5.41) is 63.3. The zero-order valence-corrected chi connectivity index (χ0v) is 21.9. The molecule has 0 aromatic rings. The van der Waals surface area contributed by atoms with Crippen molar-refractivity contribution < 1.29 is 63.9 Å². The summed E-state index contributed by atoms with van der Waals surface area (Å²) in [6.45, 7) is 0.136. The number of esters is 1. The van der Waals surface area contributed by atoms with Crippen LogP contribution in [0, 0.1) is 0 Å². The molecule has 2 aliphatic heterocycles. The molecule has 0 spiro atoms. The Hall–Kier alpha value is -1.46. The number of amides is 1. The zero-order chi connectivity index (χ0) is 28.2. The number of methoxy groups -OCH3 is 1. The summed E-state index contributed by atoms with van der Waals surface area (Å²) in [5.41, 5.74) is 0. The Morgan fingerprint density at radius 2 is 1.34 bits per heavy atom. The zero-order valence-electron chi connectivity index (χ0n) is 21.9. The second kappa shape index (κ2) is 16.6. The average molecular weight is 554 g/mol. The predicted octanol–water partition coefficient (Wildman–Crippen LogP) is -2.33. The van der Waals surface area contributed by atoms with Crippen LogP contribution in [0.4, 0.5) is 0 Å². The smallest absolute Gasteiger partial charge is 0.305 e. The minimum atomic E-state index is -1.60. The Labute approximate surface area is 221 Å². The minimum Gasteiger partial charge on any atom is -0.469 e. The van der Waals surface area contributed by atoms with Crippen molar-refractivity contribution in [1.82, 2.24) is 5.32 Å². The lowest BCUT2D eigenvalue weighted by molar-refractivity contribution is -0.355. The standard InChI is InChI=1S/C24H43NO13/c1-13(28)25-17-20(32)18(30)14(11-26)36-23(17)38-22-21(33)19(31)15(12-27)37-24(22)35-10-8-6-4-3-5-7-9-16(29)34-2/h14-15,17-24,26-27,30-33H,3-12H2,1-2H3,(H,25,28)/t14-,15-,17-,18-,19-,20-,21+,22+,23+,24+/m1/s1. The van der Waals surface area contributed by atoms with Gasteiger partial charge in [0.05, 0.1) is 20.3 Å². The van der Waals surface area contributed by atoms with Crippen LogP contribution in [0.3, 0.4) is 0 Å². The van der Waals surface area contributed by atoms with E-state index < -0.39 is 80.5 Å². The van der Waals surface area contributed by atoms with Crippen LogP contribution in [0.5, 0.6) is 0 Å². The maximum absolute atomic E-state index is 11.7. The third-order valence-electron chi connectivity index (χ3n) is 6.65. The van der Waals surface area contributed by atoms with Gasteiger partial charge in [0.2, 0.25) is 5.91 Å². The molecule has 10 atom stereocenters. The number of nitrogens with one attached hydrogen (secondary N) is 1. The molecule has 1 amide bonds. The lowest BCUT2D eigenvalue weighted by Crippen LogP contribution is -2.67. The van der Waals surface area contributed by atoms with Crippen molar-refractivity contribution in [2.75, 3.05) is 26.9 Å². The Balaban J connectivity index is 1.97. The van der Waals surface area contributed by atoms with Gasteiger partial charge >= 0.3 is 5.97 Å². The van der Waals surface area contributed by atoms with Crippen molar-refractivity contribution in [3.05, 3.63) is 0 Å². The number of hydrogen-bond acceptors (Lipinski definition) is 13. The molecule has 0 bridgehead atoms. The molecule has 14 nitrogen and oxygen atoms in total. The molecule has 2 aliphatic rings. The van der Waals surface area contributed by atoms with Gasteiger partial charge in [-0.15, -0.1) is 0 Å². The summed E-state index contributed by atoms with van der Waals surface area (Å²) in [6.07, 6.45) is -7.35. The Morgan fingerprint density at radius 1 is 0.789 bits per heavy atom. The molecule has 2 heterocycles. The minimum absolute atomic E-state index is 0.203. The van der Waals surface area contributed by atoms with Crippen molar-refractivity contribution in [3.8, 4) is 0 Å². The fourth-order valence-corrected chi connectivity index (χ4v) is 4.46. The first kappa shape index (κ1) is 32.8. The molecule has 0 aromatic carbocycles. The second-order valence-electron chi connectivity index (χ2n) is 9.56. The molecule has 14 heteroatoms. The first-order valence-electron chi connectivity index (χ1n) is 13.0. The lowest BCUT2D eigenvalue weighted by atomic mass is 9.95. The van der Waals surface area contributed by atoms with E-state index in [0.29, 0.717) is 12.8 Å². The predicted molar refractivity (Wildman–Crippen MR) is 128 cm³/mol. The van der Waals surface area contributed by atoms with Gasteiger partial charge < -0.3 is 59.6 Å². The average Bonchev–Trinajstić information content (AvgIpc) is 2.90. The Kier molecular flexibility index (Phi) is 14.3. The van der Waals surface area contributed by atoms with E-state index in [1.807, 2.05) is 0 Å². The molecule has 0 saturated carbocycles. The first-order chi connectivity index (χ1) is 18.1. The molecule has 0 unspecified atom stereocenters. The van der Waals surface area contributed by atoms with Crippen molar-refractivity contribution in [2.45, 2.75) is 113 Å². The molecule has 2 rings (SSSR count). The Morgan fingerprint density at radius 3 is 1.92 bits per heavy atom. The van der Waals surface area contributed by atoms with Gasteiger partial charge in [-0.3, -0.25) is 9.59 Å². The van der Waals surface area contributed by atoms with Gasteiger partial charge in [0.15, 0.2) is 12.6 Å². The van der Waals surface area contributed by atoms with Gasteiger partial charge in [0.1, 0.15) is 48.8 Å². The van der Waals surface area contributed by atoms with Gasteiger partial charge in [0, 0.05) is 20.0 Å². The quantitative estimate of drug-likeness (QED) is 0.0838. The summed E-state index contributed by atoms with van der Waals surface area (Å²) in [5.74, 6) is -0.782. The van der Waals surface area contributed by atoms with Crippen LogP contribution in [0.25, 0.3) is 0 Å². The third-order valence-corrected chi connectivity index (χ3v) is 6.65.